The molecule has 8 nitrogen and oxygen atoms in total. The molecule has 1 amide bonds. The second kappa shape index (κ2) is 8.39. The normalized spacial score (nSPS) is 11.9. The van der Waals surface area contributed by atoms with Crippen LogP contribution in [-0.4, -0.2) is 36.0 Å². The molecule has 0 saturated heterocycles. The summed E-state index contributed by atoms with van der Waals surface area (Å²) in [6.07, 6.45) is 7.09. The van der Waals surface area contributed by atoms with Crippen molar-refractivity contribution in [3.05, 3.63) is 66.6 Å². The van der Waals surface area contributed by atoms with E-state index in [1.54, 1.807) is 23.7 Å². The van der Waals surface area contributed by atoms with Crippen molar-refractivity contribution in [2.24, 2.45) is 5.41 Å². The predicted octanol–water partition coefficient (Wildman–Crippen LogP) is 6.28. The van der Waals surface area contributed by atoms with Gasteiger partial charge in [-0.1, -0.05) is 26.8 Å². The quantitative estimate of drug-likeness (QED) is 0.268. The van der Waals surface area contributed by atoms with Crippen molar-refractivity contribution in [3.8, 4) is 33.1 Å². The topological polar surface area (TPSA) is 112 Å². The van der Waals surface area contributed by atoms with Crippen LogP contribution < -0.4 is 5.32 Å². The largest absolute Gasteiger partial charge is 0.352 e. The van der Waals surface area contributed by atoms with Gasteiger partial charge in [0, 0.05) is 39.2 Å². The number of anilines is 1. The highest BCUT2D eigenvalue weighted by Crippen LogP contribution is 2.35. The molecule has 0 aromatic carbocycles. The van der Waals surface area contributed by atoms with Gasteiger partial charge in [-0.2, -0.15) is 5.10 Å². The van der Waals surface area contributed by atoms with Crippen LogP contribution in [0.1, 0.15) is 20.8 Å². The van der Waals surface area contributed by atoms with E-state index in [1.165, 1.54) is 0 Å². The fraction of sp³-hybridized carbons (Fsp3) is 0.148. The lowest BCUT2D eigenvalue weighted by atomic mass is 9.95. The van der Waals surface area contributed by atoms with Gasteiger partial charge in [-0.3, -0.25) is 19.9 Å². The molecule has 0 fully saturated rings. The standard InChI is InChI=1S/C27H23N7OS/c1-27(2,3)26(35)30-16-9-15(11-28-12-16)19-6-7-20-24(32-19)25(34-33-20)21-10-17-18(23-5-4-8-36-23)13-29-14-22(17)31-21/h4-14,31H,1-3H3,(H,30,35)(H,33,34). The van der Waals surface area contributed by atoms with Crippen molar-refractivity contribution >= 4 is 44.9 Å². The van der Waals surface area contributed by atoms with Gasteiger partial charge in [-0.25, -0.2) is 4.98 Å². The summed E-state index contributed by atoms with van der Waals surface area (Å²) in [4.78, 5) is 30.7. The lowest BCUT2D eigenvalue weighted by Crippen LogP contribution is -2.27. The lowest BCUT2D eigenvalue weighted by molar-refractivity contribution is -0.123. The Morgan fingerprint density at radius 2 is 1.86 bits per heavy atom. The molecule has 178 valence electrons. The maximum Gasteiger partial charge on any atom is 0.229 e. The van der Waals surface area contributed by atoms with E-state index < -0.39 is 5.41 Å². The molecule has 0 aliphatic heterocycles. The predicted molar refractivity (Wildman–Crippen MR) is 144 cm³/mol. The van der Waals surface area contributed by atoms with Crippen LogP contribution in [0.2, 0.25) is 0 Å². The monoisotopic (exact) mass is 493 g/mol. The third kappa shape index (κ3) is 3.93. The number of H-pyrrole nitrogens is 2. The second-order valence-electron chi connectivity index (χ2n) is 9.64. The van der Waals surface area contributed by atoms with E-state index in [1.807, 2.05) is 57.4 Å². The number of rotatable bonds is 4. The number of pyridine rings is 3. The second-order valence-corrected chi connectivity index (χ2v) is 10.6. The zero-order chi connectivity index (χ0) is 24.9. The first-order valence-corrected chi connectivity index (χ1v) is 12.4. The van der Waals surface area contributed by atoms with Gasteiger partial charge in [-0.05, 0) is 35.7 Å². The average molecular weight is 494 g/mol. The van der Waals surface area contributed by atoms with Crippen LogP contribution in [0.25, 0.3) is 55.0 Å². The SMILES string of the molecule is CC(C)(C)C(=O)Nc1cncc(-c2ccc3[nH]nc(-c4cc5c(-c6cccs6)cncc5[nH]4)c3n2)c1. The first kappa shape index (κ1) is 22.1. The Morgan fingerprint density at radius 3 is 2.67 bits per heavy atom. The van der Waals surface area contributed by atoms with Crippen LogP contribution in [0.4, 0.5) is 5.69 Å². The van der Waals surface area contributed by atoms with Gasteiger partial charge in [0.05, 0.1) is 40.5 Å². The molecule has 0 radical (unpaired) electrons. The highest BCUT2D eigenvalue weighted by atomic mass is 32.1. The van der Waals surface area contributed by atoms with Crippen molar-refractivity contribution < 1.29 is 4.79 Å². The fourth-order valence-electron chi connectivity index (χ4n) is 4.02. The number of carbonyl (C=O) groups is 1. The summed E-state index contributed by atoms with van der Waals surface area (Å²) in [5.41, 5.74) is 6.85. The van der Waals surface area contributed by atoms with Crippen molar-refractivity contribution in [1.82, 2.24) is 30.1 Å². The zero-order valence-corrected chi connectivity index (χ0v) is 20.8. The summed E-state index contributed by atoms with van der Waals surface area (Å²) in [7, 11) is 0. The van der Waals surface area contributed by atoms with Gasteiger partial charge in [0.2, 0.25) is 5.91 Å². The van der Waals surface area contributed by atoms with Crippen molar-refractivity contribution in [3.63, 3.8) is 0 Å². The molecular formula is C27H23N7OS. The van der Waals surface area contributed by atoms with Crippen LogP contribution in [0, 0.1) is 5.41 Å². The Bertz CT molecular complexity index is 1720. The minimum Gasteiger partial charge on any atom is -0.352 e. The Hall–Kier alpha value is -4.37. The number of nitrogens with one attached hydrogen (secondary N) is 3. The summed E-state index contributed by atoms with van der Waals surface area (Å²) < 4.78 is 0. The Morgan fingerprint density at radius 1 is 1.00 bits per heavy atom. The van der Waals surface area contributed by atoms with E-state index in [0.717, 1.165) is 55.0 Å². The number of nitrogens with zero attached hydrogens (tertiary/aromatic N) is 4. The first-order valence-electron chi connectivity index (χ1n) is 11.5. The van der Waals surface area contributed by atoms with E-state index in [0.29, 0.717) is 5.69 Å². The molecule has 6 heterocycles. The van der Waals surface area contributed by atoms with Crippen molar-refractivity contribution in [1.29, 1.82) is 0 Å². The molecule has 6 aromatic rings. The lowest BCUT2D eigenvalue weighted by Gasteiger charge is -2.17. The Labute approximate surface area is 210 Å². The van der Waals surface area contributed by atoms with Crippen LogP contribution in [0.15, 0.2) is 66.6 Å². The van der Waals surface area contributed by atoms with E-state index in [4.69, 9.17) is 4.98 Å². The molecule has 0 unspecified atom stereocenters. The summed E-state index contributed by atoms with van der Waals surface area (Å²) >= 11 is 1.69. The van der Waals surface area contributed by atoms with Gasteiger partial charge in [0.1, 0.15) is 11.2 Å². The summed E-state index contributed by atoms with van der Waals surface area (Å²) in [6.45, 7) is 5.62. The number of hydrogen-bond acceptors (Lipinski definition) is 6. The third-order valence-corrected chi connectivity index (χ3v) is 6.87. The molecule has 0 atom stereocenters. The van der Waals surface area contributed by atoms with E-state index in [9.17, 15) is 4.79 Å². The summed E-state index contributed by atoms with van der Waals surface area (Å²) in [5, 5.41) is 13.7. The Kier molecular flexibility index (Phi) is 5.15. The number of hydrogen-bond donors (Lipinski definition) is 3. The van der Waals surface area contributed by atoms with Gasteiger partial charge in [0.25, 0.3) is 0 Å². The first-order chi connectivity index (χ1) is 17.4. The molecule has 0 bridgehead atoms. The molecule has 6 aromatic heterocycles. The third-order valence-electron chi connectivity index (χ3n) is 5.97. The van der Waals surface area contributed by atoms with Gasteiger partial charge >= 0.3 is 0 Å². The van der Waals surface area contributed by atoms with Crippen molar-refractivity contribution in [2.45, 2.75) is 20.8 Å². The van der Waals surface area contributed by atoms with Crippen LogP contribution >= 0.6 is 11.3 Å². The zero-order valence-electron chi connectivity index (χ0n) is 20.0. The molecule has 0 spiro atoms. The number of carbonyl (C=O) groups excluding carboxylic acids is 1. The molecular weight excluding hydrogens is 470 g/mol. The number of fused-ring (bicyclic) bond motifs is 2. The highest BCUT2D eigenvalue weighted by Gasteiger charge is 2.21. The van der Waals surface area contributed by atoms with Gasteiger partial charge in [0.15, 0.2) is 0 Å². The van der Waals surface area contributed by atoms with Crippen LogP contribution in [0.3, 0.4) is 0 Å². The summed E-state index contributed by atoms with van der Waals surface area (Å²) in [5.74, 6) is -0.0720. The van der Waals surface area contributed by atoms with E-state index in [-0.39, 0.29) is 5.91 Å². The molecule has 3 N–H and O–H groups in total. The minimum atomic E-state index is -0.503. The molecule has 0 aliphatic carbocycles. The van der Waals surface area contributed by atoms with Crippen molar-refractivity contribution in [2.75, 3.05) is 5.32 Å². The Balaban J connectivity index is 1.40. The van der Waals surface area contributed by atoms with Crippen LogP contribution in [-0.2, 0) is 4.79 Å². The van der Waals surface area contributed by atoms with Gasteiger partial charge in [-0.15, -0.1) is 11.3 Å². The number of aromatic nitrogens is 6. The summed E-state index contributed by atoms with van der Waals surface area (Å²) in [6, 6.07) is 12.0. The molecule has 6 rings (SSSR count). The highest BCUT2D eigenvalue weighted by molar-refractivity contribution is 7.13. The molecule has 0 aliphatic rings. The van der Waals surface area contributed by atoms with Gasteiger partial charge < -0.3 is 10.3 Å². The van der Waals surface area contributed by atoms with Crippen LogP contribution in [0.5, 0.6) is 0 Å². The minimum absolute atomic E-state index is 0.0720. The molecule has 36 heavy (non-hydrogen) atoms. The average Bonchev–Trinajstić information content (AvgIpc) is 3.62. The number of thiophene rings is 1. The van der Waals surface area contributed by atoms with E-state index in [2.05, 4.69) is 48.0 Å². The maximum absolute atomic E-state index is 12.4. The smallest absolute Gasteiger partial charge is 0.229 e. The molecule has 0 saturated carbocycles. The maximum atomic E-state index is 12.4. The number of aromatic amines is 2. The molecule has 9 heteroatoms. The van der Waals surface area contributed by atoms with E-state index >= 15 is 0 Å². The fourth-order valence-corrected chi connectivity index (χ4v) is 4.77. The number of amides is 1.